The summed E-state index contributed by atoms with van der Waals surface area (Å²) in [5.41, 5.74) is 0.202. The van der Waals surface area contributed by atoms with Gasteiger partial charge < -0.3 is 15.0 Å². The molecule has 0 bridgehead atoms. The number of benzene rings is 2. The molecule has 4 amide bonds. The Hall–Kier alpha value is -3.42. The van der Waals surface area contributed by atoms with E-state index in [0.717, 1.165) is 11.3 Å². The van der Waals surface area contributed by atoms with E-state index in [1.165, 1.54) is 6.07 Å². The molecule has 2 N–H and O–H groups in total. The number of methoxy groups -OCH3 is 1. The van der Waals surface area contributed by atoms with Crippen molar-refractivity contribution in [2.24, 2.45) is 5.92 Å². The first-order valence-electron chi connectivity index (χ1n) is 11.2. The van der Waals surface area contributed by atoms with E-state index in [1.807, 2.05) is 29.2 Å². The minimum Gasteiger partial charge on any atom is -0.497 e. The van der Waals surface area contributed by atoms with Crippen LogP contribution in [0.5, 0.6) is 5.75 Å². The molecule has 33 heavy (non-hydrogen) atoms. The van der Waals surface area contributed by atoms with Crippen molar-refractivity contribution in [1.29, 1.82) is 0 Å². The lowest BCUT2D eigenvalue weighted by molar-refractivity contribution is -0.133. The van der Waals surface area contributed by atoms with Crippen molar-refractivity contribution in [3.63, 3.8) is 0 Å². The number of imide groups is 1. The van der Waals surface area contributed by atoms with Crippen LogP contribution >= 0.6 is 0 Å². The van der Waals surface area contributed by atoms with Gasteiger partial charge in [-0.05, 0) is 54.5 Å². The minimum absolute atomic E-state index is 0.0549. The molecule has 2 aromatic carbocycles. The molecule has 7 nitrogen and oxygen atoms in total. The molecule has 0 spiro atoms. The van der Waals surface area contributed by atoms with Crippen LogP contribution in [0.15, 0.2) is 48.5 Å². The van der Waals surface area contributed by atoms with Gasteiger partial charge in [0.15, 0.2) is 0 Å². The Morgan fingerprint density at radius 1 is 1.15 bits per heavy atom. The third-order valence-electron chi connectivity index (χ3n) is 6.70. The Morgan fingerprint density at radius 2 is 1.91 bits per heavy atom. The normalized spacial score (nSPS) is 21.0. The summed E-state index contributed by atoms with van der Waals surface area (Å²) in [4.78, 5) is 39.4. The first kappa shape index (κ1) is 22.8. The summed E-state index contributed by atoms with van der Waals surface area (Å²) in [6.07, 6.45) is 2.17. The minimum atomic E-state index is -1.21. The molecule has 4 rings (SSSR count). The predicted molar refractivity (Wildman–Crippen MR) is 120 cm³/mol. The number of carbonyl (C=O) groups is 3. The topological polar surface area (TPSA) is 87.7 Å². The van der Waals surface area contributed by atoms with Crippen LogP contribution in [0.25, 0.3) is 0 Å². The predicted octanol–water partition coefficient (Wildman–Crippen LogP) is 2.83. The van der Waals surface area contributed by atoms with Crippen molar-refractivity contribution in [3.8, 4) is 5.75 Å². The van der Waals surface area contributed by atoms with E-state index in [1.54, 1.807) is 25.3 Å². The van der Waals surface area contributed by atoms with E-state index < -0.39 is 23.3 Å². The van der Waals surface area contributed by atoms with Crippen molar-refractivity contribution in [3.05, 3.63) is 65.5 Å². The molecule has 8 heteroatoms. The van der Waals surface area contributed by atoms with Crippen LogP contribution in [0.2, 0.25) is 0 Å². The number of amides is 4. The highest BCUT2D eigenvalue weighted by atomic mass is 19.1. The number of rotatable bonds is 7. The molecule has 2 aliphatic heterocycles. The van der Waals surface area contributed by atoms with Gasteiger partial charge in [0.25, 0.3) is 5.91 Å². The van der Waals surface area contributed by atoms with Gasteiger partial charge >= 0.3 is 6.03 Å². The first-order chi connectivity index (χ1) is 15.9. The van der Waals surface area contributed by atoms with E-state index in [-0.39, 0.29) is 18.2 Å². The summed E-state index contributed by atoms with van der Waals surface area (Å²) < 4.78 is 19.6. The second-order valence-electron chi connectivity index (χ2n) is 8.65. The molecule has 0 aliphatic carbocycles. The molecule has 2 saturated heterocycles. The van der Waals surface area contributed by atoms with Crippen LogP contribution in [0.3, 0.4) is 0 Å². The average Bonchev–Trinajstić information content (AvgIpc) is 3.12. The van der Waals surface area contributed by atoms with Crippen molar-refractivity contribution in [2.75, 3.05) is 20.2 Å². The number of aryl methyl sites for hydroxylation is 1. The van der Waals surface area contributed by atoms with Gasteiger partial charge in [-0.25, -0.2) is 9.18 Å². The number of likely N-dealkylation sites (tertiary alicyclic amines) is 1. The van der Waals surface area contributed by atoms with E-state index in [4.69, 9.17) is 4.74 Å². The Balaban J connectivity index is 1.40. The fourth-order valence-corrected chi connectivity index (χ4v) is 4.86. The van der Waals surface area contributed by atoms with Crippen LogP contribution in [0, 0.1) is 11.7 Å². The zero-order valence-electron chi connectivity index (χ0n) is 18.6. The molecule has 174 valence electrons. The number of nitrogens with one attached hydrogen (secondary N) is 2. The highest BCUT2D eigenvalue weighted by Crippen LogP contribution is 2.34. The van der Waals surface area contributed by atoms with Gasteiger partial charge in [0.1, 0.15) is 17.1 Å². The molecular formula is C25H28FN3O4. The van der Waals surface area contributed by atoms with E-state index in [2.05, 4.69) is 10.6 Å². The lowest BCUT2D eigenvalue weighted by Crippen LogP contribution is -2.58. The first-order valence-corrected chi connectivity index (χ1v) is 11.2. The smallest absolute Gasteiger partial charge is 0.322 e. The third kappa shape index (κ3) is 4.84. The SMILES string of the molecule is COc1cccc(CCC(=O)N2CCC([C@]3(Cc4ccccc4F)NC(=O)NC3=O)CC2)c1. The lowest BCUT2D eigenvalue weighted by Gasteiger charge is -2.40. The molecule has 0 saturated carbocycles. The average molecular weight is 454 g/mol. The number of nitrogens with zero attached hydrogens (tertiary/aromatic N) is 1. The van der Waals surface area contributed by atoms with Crippen molar-refractivity contribution < 1.29 is 23.5 Å². The van der Waals surface area contributed by atoms with Crippen LogP contribution in [-0.4, -0.2) is 48.5 Å². The molecule has 0 aromatic heterocycles. The van der Waals surface area contributed by atoms with E-state index in [9.17, 15) is 18.8 Å². The zero-order valence-corrected chi connectivity index (χ0v) is 18.6. The maximum absolute atomic E-state index is 14.3. The number of urea groups is 1. The summed E-state index contributed by atoms with van der Waals surface area (Å²) in [5.74, 6) is -0.224. The third-order valence-corrected chi connectivity index (χ3v) is 6.70. The van der Waals surface area contributed by atoms with Gasteiger partial charge in [0.2, 0.25) is 5.91 Å². The molecule has 2 fully saturated rings. The summed E-state index contributed by atoms with van der Waals surface area (Å²) >= 11 is 0. The van der Waals surface area contributed by atoms with Crippen LogP contribution in [-0.2, 0) is 22.4 Å². The second-order valence-corrected chi connectivity index (χ2v) is 8.65. The van der Waals surface area contributed by atoms with Crippen LogP contribution in [0.1, 0.15) is 30.4 Å². The van der Waals surface area contributed by atoms with Crippen LogP contribution < -0.4 is 15.4 Å². The summed E-state index contributed by atoms with van der Waals surface area (Å²) in [5, 5.41) is 5.11. The number of carbonyl (C=O) groups excluding carboxylic acids is 3. The van der Waals surface area contributed by atoms with Crippen molar-refractivity contribution >= 4 is 17.8 Å². The van der Waals surface area contributed by atoms with Crippen molar-refractivity contribution in [2.45, 2.75) is 37.6 Å². The Labute approximate surface area is 192 Å². The molecule has 0 unspecified atom stereocenters. The van der Waals surface area contributed by atoms with Gasteiger partial charge in [-0.15, -0.1) is 0 Å². The number of halogens is 1. The summed E-state index contributed by atoms with van der Waals surface area (Å²) in [7, 11) is 1.61. The molecule has 1 atom stereocenters. The lowest BCUT2D eigenvalue weighted by atomic mass is 9.74. The molecule has 2 heterocycles. The highest BCUT2D eigenvalue weighted by Gasteiger charge is 2.52. The number of ether oxygens (including phenoxy) is 1. The van der Waals surface area contributed by atoms with Crippen LogP contribution in [0.4, 0.5) is 9.18 Å². The highest BCUT2D eigenvalue weighted by molar-refractivity contribution is 6.07. The fourth-order valence-electron chi connectivity index (χ4n) is 4.86. The zero-order chi connectivity index (χ0) is 23.4. The summed E-state index contributed by atoms with van der Waals surface area (Å²) in [6, 6.07) is 13.4. The van der Waals surface area contributed by atoms with Gasteiger partial charge in [-0.1, -0.05) is 30.3 Å². The Morgan fingerprint density at radius 3 is 2.58 bits per heavy atom. The van der Waals surface area contributed by atoms with Gasteiger partial charge in [0.05, 0.1) is 7.11 Å². The number of piperidine rings is 1. The van der Waals surface area contributed by atoms with Crippen molar-refractivity contribution in [1.82, 2.24) is 15.5 Å². The standard InChI is InChI=1S/C25H28FN3O4/c1-33-20-7-4-5-17(15-20)9-10-22(30)29-13-11-19(12-14-29)25(23(31)27-24(32)28-25)16-18-6-2-3-8-21(18)26/h2-8,15,19H,9-14,16H2,1H3,(H2,27,28,31,32)/t25-/m0/s1. The monoisotopic (exact) mass is 453 g/mol. The maximum atomic E-state index is 14.3. The summed E-state index contributed by atoms with van der Waals surface area (Å²) in [6.45, 7) is 0.980. The number of hydrogen-bond donors (Lipinski definition) is 2. The quantitative estimate of drug-likeness (QED) is 0.631. The molecular weight excluding hydrogens is 425 g/mol. The fraction of sp³-hybridized carbons (Fsp3) is 0.400. The van der Waals surface area contributed by atoms with Gasteiger partial charge in [0, 0.05) is 25.9 Å². The molecule has 0 radical (unpaired) electrons. The molecule has 2 aliphatic rings. The van der Waals surface area contributed by atoms with E-state index in [0.29, 0.717) is 44.3 Å². The van der Waals surface area contributed by atoms with Gasteiger partial charge in [-0.3, -0.25) is 14.9 Å². The van der Waals surface area contributed by atoms with E-state index >= 15 is 0 Å². The number of hydrogen-bond acceptors (Lipinski definition) is 4. The maximum Gasteiger partial charge on any atom is 0.322 e. The molecule has 2 aromatic rings. The largest absolute Gasteiger partial charge is 0.497 e. The Kier molecular flexibility index (Phi) is 6.62. The second kappa shape index (κ2) is 9.60. The Bertz CT molecular complexity index is 1050. The van der Waals surface area contributed by atoms with Gasteiger partial charge in [-0.2, -0.15) is 0 Å².